The second-order valence-electron chi connectivity index (χ2n) is 5.34. The number of rotatable bonds is 0. The third-order valence-corrected chi connectivity index (χ3v) is 2.86. The van der Waals surface area contributed by atoms with Crippen molar-refractivity contribution in [2.45, 2.75) is 32.4 Å². The number of halogens is 3. The van der Waals surface area contributed by atoms with Gasteiger partial charge in [0.05, 0.1) is 11.1 Å². The number of fused-ring (bicyclic) bond motifs is 1. The van der Waals surface area contributed by atoms with Crippen molar-refractivity contribution in [1.29, 1.82) is 0 Å². The van der Waals surface area contributed by atoms with Crippen LogP contribution in [-0.2, 0) is 11.6 Å². The number of pyridine rings is 1. The summed E-state index contributed by atoms with van der Waals surface area (Å²) in [5.41, 5.74) is -0.275. The molecule has 0 amide bonds. The van der Waals surface area contributed by atoms with Crippen LogP contribution in [0.25, 0.3) is 10.9 Å². The van der Waals surface area contributed by atoms with Gasteiger partial charge in [0, 0.05) is 11.6 Å². The summed E-state index contributed by atoms with van der Waals surface area (Å²) in [6.45, 7) is 5.31. The van der Waals surface area contributed by atoms with Gasteiger partial charge in [-0.25, -0.2) is 0 Å². The normalized spacial score (nSPS) is 13.0. The summed E-state index contributed by atoms with van der Waals surface area (Å²) in [6, 6.07) is 6.00. The lowest BCUT2D eigenvalue weighted by Crippen LogP contribution is -2.19. The maximum atomic E-state index is 13.1. The van der Waals surface area contributed by atoms with Gasteiger partial charge in [-0.05, 0) is 29.2 Å². The number of hydrogen-bond donors (Lipinski definition) is 0. The molecule has 2 aromatic rings. The molecule has 18 heavy (non-hydrogen) atoms. The van der Waals surface area contributed by atoms with Gasteiger partial charge in [-0.2, -0.15) is 13.2 Å². The van der Waals surface area contributed by atoms with Crippen LogP contribution in [0.5, 0.6) is 0 Å². The average Bonchev–Trinajstić information content (AvgIpc) is 2.25. The minimum Gasteiger partial charge on any atom is -0.256 e. The van der Waals surface area contributed by atoms with E-state index in [0.717, 1.165) is 0 Å². The minimum atomic E-state index is -4.34. The highest BCUT2D eigenvalue weighted by Crippen LogP contribution is 2.39. The predicted molar refractivity (Wildman–Crippen MR) is 65.4 cm³/mol. The molecule has 0 aliphatic carbocycles. The second kappa shape index (κ2) is 3.97. The fourth-order valence-electron chi connectivity index (χ4n) is 1.98. The zero-order valence-electron chi connectivity index (χ0n) is 10.5. The summed E-state index contributed by atoms with van der Waals surface area (Å²) in [6.07, 6.45) is -2.76. The fourth-order valence-corrected chi connectivity index (χ4v) is 1.98. The zero-order chi connectivity index (χ0) is 13.6. The monoisotopic (exact) mass is 253 g/mol. The molecule has 0 saturated carbocycles. The van der Waals surface area contributed by atoms with Crippen LogP contribution in [0.1, 0.15) is 31.9 Å². The van der Waals surface area contributed by atoms with Crippen LogP contribution in [0, 0.1) is 0 Å². The lowest BCUT2D eigenvalue weighted by atomic mass is 9.83. The number of hydrogen-bond acceptors (Lipinski definition) is 1. The Balaban J connectivity index is 2.81. The molecule has 0 aliphatic heterocycles. The molecular weight excluding hydrogens is 239 g/mol. The Morgan fingerprint density at radius 3 is 2.22 bits per heavy atom. The summed E-state index contributed by atoms with van der Waals surface area (Å²) >= 11 is 0. The van der Waals surface area contributed by atoms with Gasteiger partial charge >= 0.3 is 6.18 Å². The van der Waals surface area contributed by atoms with Crippen molar-refractivity contribution < 1.29 is 13.2 Å². The highest BCUT2D eigenvalue weighted by Gasteiger charge is 2.36. The van der Waals surface area contributed by atoms with Crippen LogP contribution < -0.4 is 0 Å². The van der Waals surface area contributed by atoms with Crippen molar-refractivity contribution in [3.63, 3.8) is 0 Å². The summed E-state index contributed by atoms with van der Waals surface area (Å²) in [4.78, 5) is 4.11. The molecule has 96 valence electrons. The molecule has 0 bridgehead atoms. The molecule has 0 unspecified atom stereocenters. The third kappa shape index (κ3) is 2.33. The van der Waals surface area contributed by atoms with E-state index < -0.39 is 17.2 Å². The number of nitrogens with zero attached hydrogens (tertiary/aromatic N) is 1. The standard InChI is InChI=1S/C14H14F3N/c1-13(2,3)10-8-12-9(5-4-6-18-12)7-11(10)14(15,16)17/h4-8H,1-3H3. The van der Waals surface area contributed by atoms with Gasteiger partial charge in [-0.15, -0.1) is 0 Å². The zero-order valence-corrected chi connectivity index (χ0v) is 10.5. The second-order valence-corrected chi connectivity index (χ2v) is 5.34. The van der Waals surface area contributed by atoms with Crippen LogP contribution in [0.3, 0.4) is 0 Å². The molecule has 1 nitrogen and oxygen atoms in total. The van der Waals surface area contributed by atoms with Crippen molar-refractivity contribution in [3.8, 4) is 0 Å². The largest absolute Gasteiger partial charge is 0.416 e. The molecule has 0 fully saturated rings. The summed E-state index contributed by atoms with van der Waals surface area (Å²) < 4.78 is 39.3. The van der Waals surface area contributed by atoms with E-state index in [4.69, 9.17) is 0 Å². The van der Waals surface area contributed by atoms with E-state index in [2.05, 4.69) is 4.98 Å². The Morgan fingerprint density at radius 1 is 1.00 bits per heavy atom. The quantitative estimate of drug-likeness (QED) is 0.671. The maximum absolute atomic E-state index is 13.1. The Morgan fingerprint density at radius 2 is 1.67 bits per heavy atom. The average molecular weight is 253 g/mol. The highest BCUT2D eigenvalue weighted by atomic mass is 19.4. The molecule has 0 atom stereocenters. The van der Waals surface area contributed by atoms with Gasteiger partial charge in [0.15, 0.2) is 0 Å². The maximum Gasteiger partial charge on any atom is 0.416 e. The smallest absolute Gasteiger partial charge is 0.256 e. The summed E-state index contributed by atoms with van der Waals surface area (Å²) in [5.74, 6) is 0. The van der Waals surface area contributed by atoms with Crippen molar-refractivity contribution in [2.24, 2.45) is 0 Å². The predicted octanol–water partition coefficient (Wildman–Crippen LogP) is 4.55. The van der Waals surface area contributed by atoms with Crippen molar-refractivity contribution in [2.75, 3.05) is 0 Å². The first kappa shape index (κ1) is 12.9. The number of alkyl halides is 3. The van der Waals surface area contributed by atoms with E-state index >= 15 is 0 Å². The van der Waals surface area contributed by atoms with Crippen LogP contribution in [0.15, 0.2) is 30.5 Å². The molecule has 0 N–H and O–H groups in total. The fraction of sp³-hybridized carbons (Fsp3) is 0.357. The van der Waals surface area contributed by atoms with Crippen molar-refractivity contribution >= 4 is 10.9 Å². The van der Waals surface area contributed by atoms with Crippen LogP contribution in [0.4, 0.5) is 13.2 Å². The first-order valence-corrected chi connectivity index (χ1v) is 5.66. The topological polar surface area (TPSA) is 12.9 Å². The van der Waals surface area contributed by atoms with Gasteiger partial charge in [0.25, 0.3) is 0 Å². The Bertz CT molecular complexity index is 527. The molecule has 2 rings (SSSR count). The Hall–Kier alpha value is -1.58. The van der Waals surface area contributed by atoms with E-state index in [9.17, 15) is 13.2 Å². The van der Waals surface area contributed by atoms with E-state index in [0.29, 0.717) is 10.9 Å². The van der Waals surface area contributed by atoms with E-state index in [1.807, 2.05) is 0 Å². The van der Waals surface area contributed by atoms with Gasteiger partial charge in [0.1, 0.15) is 0 Å². The van der Waals surface area contributed by atoms with Gasteiger partial charge in [-0.1, -0.05) is 26.8 Å². The minimum absolute atomic E-state index is 0.279. The number of aromatic nitrogens is 1. The lowest BCUT2D eigenvalue weighted by Gasteiger charge is -2.24. The van der Waals surface area contributed by atoms with E-state index in [1.54, 1.807) is 39.1 Å². The molecular formula is C14H14F3N. The highest BCUT2D eigenvalue weighted by molar-refractivity contribution is 5.80. The lowest BCUT2D eigenvalue weighted by molar-refractivity contribution is -0.138. The molecule has 0 saturated heterocycles. The molecule has 1 heterocycles. The van der Waals surface area contributed by atoms with Gasteiger partial charge in [0.2, 0.25) is 0 Å². The van der Waals surface area contributed by atoms with Crippen LogP contribution >= 0.6 is 0 Å². The molecule has 0 aliphatic rings. The Labute approximate surface area is 104 Å². The molecule has 0 radical (unpaired) electrons. The van der Waals surface area contributed by atoms with Crippen molar-refractivity contribution in [3.05, 3.63) is 41.6 Å². The molecule has 4 heteroatoms. The SMILES string of the molecule is CC(C)(C)c1cc2ncccc2cc1C(F)(F)F. The van der Waals surface area contributed by atoms with Crippen LogP contribution in [-0.4, -0.2) is 4.98 Å². The van der Waals surface area contributed by atoms with E-state index in [1.165, 1.54) is 12.1 Å². The first-order chi connectivity index (χ1) is 8.19. The third-order valence-electron chi connectivity index (χ3n) is 2.86. The summed E-state index contributed by atoms with van der Waals surface area (Å²) in [5, 5.41) is 0.512. The van der Waals surface area contributed by atoms with E-state index in [-0.39, 0.29) is 5.56 Å². The molecule has 1 aromatic heterocycles. The van der Waals surface area contributed by atoms with Gasteiger partial charge in [-0.3, -0.25) is 4.98 Å². The molecule has 0 spiro atoms. The van der Waals surface area contributed by atoms with Crippen LogP contribution in [0.2, 0.25) is 0 Å². The van der Waals surface area contributed by atoms with Gasteiger partial charge < -0.3 is 0 Å². The first-order valence-electron chi connectivity index (χ1n) is 5.66. The number of benzene rings is 1. The Kier molecular flexibility index (Phi) is 2.84. The molecule has 1 aromatic carbocycles. The summed E-state index contributed by atoms with van der Waals surface area (Å²) in [7, 11) is 0. The van der Waals surface area contributed by atoms with Crippen molar-refractivity contribution in [1.82, 2.24) is 4.98 Å².